The molecule has 0 saturated carbocycles. The van der Waals surface area contributed by atoms with Crippen LogP contribution in [-0.2, 0) is 26.1 Å². The van der Waals surface area contributed by atoms with E-state index in [9.17, 15) is 13.2 Å². The third-order valence-electron chi connectivity index (χ3n) is 3.90. The highest BCUT2D eigenvalue weighted by atomic mass is 32.2. The van der Waals surface area contributed by atoms with Crippen molar-refractivity contribution in [1.29, 1.82) is 0 Å². The number of carbonyl (C=O) groups excluding carboxylic acids is 1. The normalized spacial score (nSPS) is 23.0. The van der Waals surface area contributed by atoms with E-state index in [1.807, 2.05) is 24.6 Å². The van der Waals surface area contributed by atoms with Crippen LogP contribution in [0.2, 0.25) is 0 Å². The van der Waals surface area contributed by atoms with Crippen molar-refractivity contribution in [3.8, 4) is 0 Å². The predicted octanol–water partition coefficient (Wildman–Crippen LogP) is -0.333. The molecule has 0 aromatic carbocycles. The van der Waals surface area contributed by atoms with E-state index in [-0.39, 0.29) is 25.6 Å². The zero-order chi connectivity index (χ0) is 17.3. The second kappa shape index (κ2) is 6.58. The van der Waals surface area contributed by atoms with Gasteiger partial charge in [0, 0.05) is 18.8 Å². The van der Waals surface area contributed by atoms with Gasteiger partial charge in [-0.2, -0.15) is 9.40 Å². The molecule has 1 amide bonds. The van der Waals surface area contributed by atoms with Gasteiger partial charge >= 0.3 is 0 Å². The highest BCUT2D eigenvalue weighted by molar-refractivity contribution is 7.88. The summed E-state index contributed by atoms with van der Waals surface area (Å²) in [6.45, 7) is 6.94. The van der Waals surface area contributed by atoms with Gasteiger partial charge in [-0.25, -0.2) is 8.42 Å². The Bertz CT molecular complexity index is 685. The molecule has 1 aliphatic rings. The standard InChI is InChI=1S/C14H24N4O4S/c1-11-9-12(2)18(16-11)6-5-15-13(19)14(3)10-17(7-8-22-14)23(4,20)21/h9H,5-8,10H2,1-4H3,(H,15,19)/t14-/m0/s1. The maximum atomic E-state index is 12.4. The first-order chi connectivity index (χ1) is 10.6. The molecule has 2 heterocycles. The Morgan fingerprint density at radius 1 is 1.48 bits per heavy atom. The minimum absolute atomic E-state index is 0.0254. The maximum Gasteiger partial charge on any atom is 0.253 e. The van der Waals surface area contributed by atoms with E-state index in [0.717, 1.165) is 17.6 Å². The molecule has 0 unspecified atom stereocenters. The van der Waals surface area contributed by atoms with Crippen molar-refractivity contribution >= 4 is 15.9 Å². The first-order valence-corrected chi connectivity index (χ1v) is 9.35. The van der Waals surface area contributed by atoms with Crippen molar-refractivity contribution in [2.24, 2.45) is 0 Å². The summed E-state index contributed by atoms with van der Waals surface area (Å²) in [6, 6.07) is 1.97. The number of hydrogen-bond acceptors (Lipinski definition) is 5. The highest BCUT2D eigenvalue weighted by Crippen LogP contribution is 2.19. The molecular weight excluding hydrogens is 320 g/mol. The number of sulfonamides is 1. The number of morpholine rings is 1. The van der Waals surface area contributed by atoms with Gasteiger partial charge in [-0.3, -0.25) is 9.48 Å². The van der Waals surface area contributed by atoms with Gasteiger partial charge in [0.05, 0.1) is 31.6 Å². The largest absolute Gasteiger partial charge is 0.363 e. The summed E-state index contributed by atoms with van der Waals surface area (Å²) in [4.78, 5) is 12.4. The smallest absolute Gasteiger partial charge is 0.253 e. The lowest BCUT2D eigenvalue weighted by molar-refractivity contribution is -0.152. The minimum atomic E-state index is -3.34. The SMILES string of the molecule is Cc1cc(C)n(CCNC(=O)[C@]2(C)CN(S(C)(=O)=O)CCO2)n1. The molecule has 1 atom stereocenters. The van der Waals surface area contributed by atoms with E-state index in [1.54, 1.807) is 6.92 Å². The van der Waals surface area contributed by atoms with Gasteiger partial charge in [-0.1, -0.05) is 0 Å². The summed E-state index contributed by atoms with van der Waals surface area (Å²) < 4.78 is 32.0. The van der Waals surface area contributed by atoms with Gasteiger partial charge in [0.15, 0.2) is 5.60 Å². The summed E-state index contributed by atoms with van der Waals surface area (Å²) in [5.74, 6) is -0.313. The molecule has 1 fully saturated rings. The lowest BCUT2D eigenvalue weighted by Gasteiger charge is -2.37. The molecule has 1 aromatic heterocycles. The number of aromatic nitrogens is 2. The van der Waals surface area contributed by atoms with Crippen molar-refractivity contribution in [3.05, 3.63) is 17.5 Å². The number of amides is 1. The third-order valence-corrected chi connectivity index (χ3v) is 5.15. The zero-order valence-corrected chi connectivity index (χ0v) is 14.8. The average Bonchev–Trinajstić information content (AvgIpc) is 2.76. The molecule has 1 N–H and O–H groups in total. The van der Waals surface area contributed by atoms with Crippen LogP contribution in [0.15, 0.2) is 6.07 Å². The molecule has 0 spiro atoms. The second-order valence-corrected chi connectivity index (χ2v) is 8.06. The van der Waals surface area contributed by atoms with Crippen LogP contribution in [0.3, 0.4) is 0 Å². The summed E-state index contributed by atoms with van der Waals surface area (Å²) in [7, 11) is -3.34. The van der Waals surface area contributed by atoms with Crippen LogP contribution in [0.5, 0.6) is 0 Å². The first kappa shape index (κ1) is 17.9. The van der Waals surface area contributed by atoms with Crippen LogP contribution >= 0.6 is 0 Å². The second-order valence-electron chi connectivity index (χ2n) is 6.08. The Hall–Kier alpha value is -1.45. The highest BCUT2D eigenvalue weighted by Gasteiger charge is 2.41. The lowest BCUT2D eigenvalue weighted by atomic mass is 10.0. The number of nitrogens with zero attached hydrogens (tertiary/aromatic N) is 3. The Kier molecular flexibility index (Phi) is 5.12. The molecule has 130 valence electrons. The van der Waals surface area contributed by atoms with Gasteiger partial charge in [0.2, 0.25) is 10.0 Å². The Balaban J connectivity index is 1.93. The topological polar surface area (TPSA) is 93.5 Å². The molecular formula is C14H24N4O4S. The molecule has 1 aliphatic heterocycles. The first-order valence-electron chi connectivity index (χ1n) is 7.50. The fourth-order valence-electron chi connectivity index (χ4n) is 2.62. The summed E-state index contributed by atoms with van der Waals surface area (Å²) in [5, 5.41) is 7.13. The van der Waals surface area contributed by atoms with Crippen molar-refractivity contribution in [2.75, 3.05) is 32.5 Å². The Morgan fingerprint density at radius 2 is 2.17 bits per heavy atom. The van der Waals surface area contributed by atoms with E-state index >= 15 is 0 Å². The van der Waals surface area contributed by atoms with Crippen molar-refractivity contribution in [1.82, 2.24) is 19.4 Å². The van der Waals surface area contributed by atoms with Crippen LogP contribution in [0.1, 0.15) is 18.3 Å². The third kappa shape index (κ3) is 4.30. The summed E-state index contributed by atoms with van der Waals surface area (Å²) in [5.41, 5.74) is 0.788. The van der Waals surface area contributed by atoms with Crippen LogP contribution in [0.4, 0.5) is 0 Å². The molecule has 0 radical (unpaired) electrons. The molecule has 2 rings (SSSR count). The predicted molar refractivity (Wildman–Crippen MR) is 85.5 cm³/mol. The number of rotatable bonds is 5. The molecule has 9 heteroatoms. The van der Waals surface area contributed by atoms with Crippen LogP contribution < -0.4 is 5.32 Å². The quantitative estimate of drug-likeness (QED) is 0.789. The van der Waals surface area contributed by atoms with Crippen LogP contribution in [0.25, 0.3) is 0 Å². The van der Waals surface area contributed by atoms with Gasteiger partial charge in [0.25, 0.3) is 5.91 Å². The minimum Gasteiger partial charge on any atom is -0.363 e. The molecule has 23 heavy (non-hydrogen) atoms. The number of carbonyl (C=O) groups is 1. The van der Waals surface area contributed by atoms with Crippen LogP contribution in [-0.4, -0.2) is 66.5 Å². The number of aryl methyl sites for hydroxylation is 2. The lowest BCUT2D eigenvalue weighted by Crippen LogP contribution is -2.59. The van der Waals surface area contributed by atoms with Crippen molar-refractivity contribution in [3.63, 3.8) is 0 Å². The van der Waals surface area contributed by atoms with Crippen molar-refractivity contribution in [2.45, 2.75) is 32.9 Å². The van der Waals surface area contributed by atoms with Gasteiger partial charge < -0.3 is 10.1 Å². The maximum absolute atomic E-state index is 12.4. The Morgan fingerprint density at radius 3 is 2.74 bits per heavy atom. The van der Waals surface area contributed by atoms with Crippen LogP contribution in [0, 0.1) is 13.8 Å². The van der Waals surface area contributed by atoms with Gasteiger partial charge in [0.1, 0.15) is 0 Å². The van der Waals surface area contributed by atoms with E-state index in [1.165, 1.54) is 4.31 Å². The summed E-state index contributed by atoms with van der Waals surface area (Å²) in [6.07, 6.45) is 1.14. The molecule has 0 aliphatic carbocycles. The average molecular weight is 344 g/mol. The molecule has 1 aromatic rings. The molecule has 1 saturated heterocycles. The number of ether oxygens (including phenoxy) is 1. The number of hydrogen-bond donors (Lipinski definition) is 1. The van der Waals surface area contributed by atoms with Gasteiger partial charge in [-0.15, -0.1) is 0 Å². The van der Waals surface area contributed by atoms with E-state index in [0.29, 0.717) is 13.1 Å². The molecule has 8 nitrogen and oxygen atoms in total. The zero-order valence-electron chi connectivity index (χ0n) is 14.0. The fourth-order valence-corrected chi connectivity index (χ4v) is 3.51. The number of nitrogens with one attached hydrogen (secondary N) is 1. The van der Waals surface area contributed by atoms with Gasteiger partial charge in [-0.05, 0) is 26.8 Å². The van der Waals surface area contributed by atoms with E-state index in [2.05, 4.69) is 10.4 Å². The van der Waals surface area contributed by atoms with E-state index < -0.39 is 15.6 Å². The summed E-state index contributed by atoms with van der Waals surface area (Å²) >= 11 is 0. The fraction of sp³-hybridized carbons (Fsp3) is 0.714. The Labute approximate surface area is 136 Å². The molecule has 0 bridgehead atoms. The van der Waals surface area contributed by atoms with E-state index in [4.69, 9.17) is 4.74 Å². The monoisotopic (exact) mass is 344 g/mol. The van der Waals surface area contributed by atoms with Crippen molar-refractivity contribution < 1.29 is 17.9 Å².